The second-order valence-corrected chi connectivity index (χ2v) is 5.87. The first-order valence-electron chi connectivity index (χ1n) is 7.86. The van der Waals surface area contributed by atoms with E-state index in [1.807, 2.05) is 0 Å². The Labute approximate surface area is 158 Å². The fraction of sp³-hybridized carbons (Fsp3) is 0.167. The summed E-state index contributed by atoms with van der Waals surface area (Å²) in [5, 5.41) is 6.93. The van der Waals surface area contributed by atoms with Gasteiger partial charge in [-0.2, -0.15) is 4.98 Å². The second-order valence-electron chi connectivity index (χ2n) is 5.46. The predicted octanol–water partition coefficient (Wildman–Crippen LogP) is 4.59. The lowest BCUT2D eigenvalue weighted by atomic mass is 10.1. The first kappa shape index (κ1) is 18.8. The van der Waals surface area contributed by atoms with E-state index >= 15 is 0 Å². The van der Waals surface area contributed by atoms with Gasteiger partial charge in [-0.1, -0.05) is 41.0 Å². The molecule has 0 unspecified atom stereocenters. The summed E-state index contributed by atoms with van der Waals surface area (Å²) >= 11 is 6.18. The molecule has 0 aliphatic rings. The molecule has 0 bridgehead atoms. The van der Waals surface area contributed by atoms with Crippen LogP contribution in [0.3, 0.4) is 0 Å². The highest BCUT2D eigenvalue weighted by molar-refractivity contribution is 6.33. The summed E-state index contributed by atoms with van der Waals surface area (Å²) in [5.41, 5.74) is 1.03. The fourth-order valence-corrected chi connectivity index (χ4v) is 2.59. The van der Waals surface area contributed by atoms with Crippen molar-refractivity contribution in [3.05, 3.63) is 58.8 Å². The number of amides is 1. The van der Waals surface area contributed by atoms with Crippen LogP contribution in [0.5, 0.6) is 5.88 Å². The van der Waals surface area contributed by atoms with Crippen LogP contribution in [0.1, 0.15) is 16.1 Å². The normalized spacial score (nSPS) is 10.9. The Hall–Kier alpha value is -3.00. The summed E-state index contributed by atoms with van der Waals surface area (Å²) in [6.07, 6.45) is -2.62. The molecule has 1 N–H and O–H groups in total. The first-order valence-corrected chi connectivity index (χ1v) is 8.24. The number of carbonyl (C=O) groups excluding carboxylic acids is 1. The van der Waals surface area contributed by atoms with Crippen molar-refractivity contribution in [1.29, 1.82) is 0 Å². The van der Waals surface area contributed by atoms with Crippen LogP contribution < -0.4 is 10.1 Å². The third-order valence-electron chi connectivity index (χ3n) is 3.54. The molecule has 2 heterocycles. The Bertz CT molecular complexity index is 963. The van der Waals surface area contributed by atoms with Gasteiger partial charge in [0.25, 0.3) is 12.3 Å². The molecule has 0 radical (unpaired) electrons. The minimum atomic E-state index is -2.62. The molecule has 1 amide bonds. The zero-order chi connectivity index (χ0) is 19.4. The Morgan fingerprint density at radius 3 is 2.78 bits per heavy atom. The maximum atomic E-state index is 12.7. The minimum Gasteiger partial charge on any atom is -0.472 e. The lowest BCUT2D eigenvalue weighted by molar-refractivity contribution is 0.0796. The third-order valence-corrected chi connectivity index (χ3v) is 3.87. The van der Waals surface area contributed by atoms with E-state index in [9.17, 15) is 13.6 Å². The van der Waals surface area contributed by atoms with Crippen LogP contribution in [0.2, 0.25) is 5.02 Å². The lowest BCUT2D eigenvalue weighted by Gasteiger charge is -2.08. The Balaban J connectivity index is 1.85. The van der Waals surface area contributed by atoms with Gasteiger partial charge in [-0.15, -0.1) is 0 Å². The van der Waals surface area contributed by atoms with E-state index in [-0.39, 0.29) is 17.3 Å². The number of hydrogen-bond acceptors (Lipinski definition) is 5. The number of pyridine rings is 1. The summed E-state index contributed by atoms with van der Waals surface area (Å²) in [5.74, 6) is -0.117. The smallest absolute Gasteiger partial charge is 0.272 e. The monoisotopic (exact) mass is 393 g/mol. The topological polar surface area (TPSA) is 77.2 Å². The number of nitrogens with zero attached hydrogens (tertiary/aromatic N) is 2. The number of anilines is 1. The van der Waals surface area contributed by atoms with E-state index in [0.717, 1.165) is 0 Å². The SMILES string of the molecule is Cc1onc(-c2ccccc2Cl)c1C(=O)Nc1cccc(OCC(F)F)n1. The molecular weight excluding hydrogens is 380 g/mol. The molecule has 6 nitrogen and oxygen atoms in total. The number of aryl methyl sites for hydroxylation is 1. The van der Waals surface area contributed by atoms with Crippen LogP contribution in [-0.4, -0.2) is 29.1 Å². The van der Waals surface area contributed by atoms with Gasteiger partial charge in [-0.25, -0.2) is 8.78 Å². The number of carbonyl (C=O) groups is 1. The zero-order valence-electron chi connectivity index (χ0n) is 14.1. The third kappa shape index (κ3) is 4.40. The highest BCUT2D eigenvalue weighted by Gasteiger charge is 2.23. The van der Waals surface area contributed by atoms with Crippen molar-refractivity contribution in [2.24, 2.45) is 0 Å². The molecular formula is C18H14ClF2N3O3. The number of benzene rings is 1. The van der Waals surface area contributed by atoms with Crippen molar-refractivity contribution < 1.29 is 22.8 Å². The van der Waals surface area contributed by atoms with Crippen molar-refractivity contribution in [2.75, 3.05) is 11.9 Å². The molecule has 1 aromatic carbocycles. The van der Waals surface area contributed by atoms with E-state index in [1.165, 1.54) is 18.2 Å². The summed E-state index contributed by atoms with van der Waals surface area (Å²) in [4.78, 5) is 16.7. The van der Waals surface area contributed by atoms with Crippen LogP contribution in [-0.2, 0) is 0 Å². The molecule has 3 rings (SSSR count). The molecule has 0 spiro atoms. The average molecular weight is 394 g/mol. The van der Waals surface area contributed by atoms with E-state index in [0.29, 0.717) is 22.0 Å². The fourth-order valence-electron chi connectivity index (χ4n) is 2.37. The molecule has 0 aliphatic heterocycles. The van der Waals surface area contributed by atoms with Crippen LogP contribution >= 0.6 is 11.6 Å². The molecule has 0 atom stereocenters. The molecule has 3 aromatic rings. The number of aromatic nitrogens is 2. The average Bonchev–Trinajstić information content (AvgIpc) is 3.02. The second kappa shape index (κ2) is 8.13. The van der Waals surface area contributed by atoms with E-state index in [1.54, 1.807) is 31.2 Å². The van der Waals surface area contributed by atoms with E-state index in [2.05, 4.69) is 15.5 Å². The highest BCUT2D eigenvalue weighted by Crippen LogP contribution is 2.31. The number of rotatable bonds is 6. The zero-order valence-corrected chi connectivity index (χ0v) is 14.8. The first-order chi connectivity index (χ1) is 13.0. The molecule has 27 heavy (non-hydrogen) atoms. The van der Waals surface area contributed by atoms with Gasteiger partial charge in [0.1, 0.15) is 22.8 Å². The van der Waals surface area contributed by atoms with E-state index < -0.39 is 18.9 Å². The number of halogens is 3. The Morgan fingerprint density at radius 2 is 2.04 bits per heavy atom. The standard InChI is InChI=1S/C18H14ClF2N3O3/c1-10-16(17(24-27-10)11-5-2-3-6-12(11)19)18(25)23-14-7-4-8-15(22-14)26-9-13(20)21/h2-8,13H,9H2,1H3,(H,22,23,25). The summed E-state index contributed by atoms with van der Waals surface area (Å²) < 4.78 is 34.5. The molecule has 9 heteroatoms. The maximum absolute atomic E-state index is 12.7. The van der Waals surface area contributed by atoms with Crippen LogP contribution in [0.4, 0.5) is 14.6 Å². The van der Waals surface area contributed by atoms with Gasteiger partial charge in [0.15, 0.2) is 6.61 Å². The Morgan fingerprint density at radius 1 is 1.26 bits per heavy atom. The molecule has 140 valence electrons. The molecule has 0 fully saturated rings. The van der Waals surface area contributed by atoms with Gasteiger partial charge in [0, 0.05) is 11.6 Å². The summed E-state index contributed by atoms with van der Waals surface area (Å²) in [7, 11) is 0. The number of ether oxygens (including phenoxy) is 1. The largest absolute Gasteiger partial charge is 0.472 e. The van der Waals surface area contributed by atoms with Gasteiger partial charge in [0.05, 0.1) is 5.02 Å². The van der Waals surface area contributed by atoms with E-state index in [4.69, 9.17) is 20.9 Å². The van der Waals surface area contributed by atoms with Crippen LogP contribution in [0, 0.1) is 6.92 Å². The molecule has 0 saturated heterocycles. The summed E-state index contributed by atoms with van der Waals surface area (Å²) in [6.45, 7) is 0.809. The molecule has 0 aliphatic carbocycles. The van der Waals surface area contributed by atoms with Crippen molar-refractivity contribution >= 4 is 23.3 Å². The quantitative estimate of drug-likeness (QED) is 0.662. The summed E-state index contributed by atoms with van der Waals surface area (Å²) in [6, 6.07) is 11.4. The van der Waals surface area contributed by atoms with Crippen molar-refractivity contribution in [3.63, 3.8) is 0 Å². The van der Waals surface area contributed by atoms with Crippen molar-refractivity contribution in [2.45, 2.75) is 13.3 Å². The van der Waals surface area contributed by atoms with Gasteiger partial charge in [-0.3, -0.25) is 4.79 Å². The highest BCUT2D eigenvalue weighted by atomic mass is 35.5. The lowest BCUT2D eigenvalue weighted by Crippen LogP contribution is -2.15. The van der Waals surface area contributed by atoms with Gasteiger partial charge in [-0.05, 0) is 19.1 Å². The van der Waals surface area contributed by atoms with Gasteiger partial charge >= 0.3 is 0 Å². The van der Waals surface area contributed by atoms with Gasteiger partial charge in [0.2, 0.25) is 5.88 Å². The van der Waals surface area contributed by atoms with Crippen LogP contribution in [0.15, 0.2) is 47.0 Å². The van der Waals surface area contributed by atoms with Crippen LogP contribution in [0.25, 0.3) is 11.3 Å². The number of nitrogens with one attached hydrogen (secondary N) is 1. The maximum Gasteiger partial charge on any atom is 0.272 e. The van der Waals surface area contributed by atoms with Gasteiger partial charge < -0.3 is 14.6 Å². The number of hydrogen-bond donors (Lipinski definition) is 1. The molecule has 0 saturated carbocycles. The predicted molar refractivity (Wildman–Crippen MR) is 95.4 cm³/mol. The van der Waals surface area contributed by atoms with Crippen molar-refractivity contribution in [3.8, 4) is 17.1 Å². The minimum absolute atomic E-state index is 0.0264. The number of alkyl halides is 2. The molecule has 2 aromatic heterocycles. The Kier molecular flexibility index (Phi) is 5.66. The van der Waals surface area contributed by atoms with Crippen molar-refractivity contribution in [1.82, 2.24) is 10.1 Å².